The molecule has 0 aliphatic rings. The topological polar surface area (TPSA) is 53.1 Å². The van der Waals surface area contributed by atoms with Crippen molar-refractivity contribution >= 4 is 0 Å². The van der Waals surface area contributed by atoms with Gasteiger partial charge in [-0.15, -0.1) is 0 Å². The molecule has 4 heteroatoms. The van der Waals surface area contributed by atoms with Gasteiger partial charge in [0.25, 0.3) is 0 Å². The third-order valence-corrected chi connectivity index (χ3v) is 3.32. The predicted octanol–water partition coefficient (Wildman–Crippen LogP) is 2.17. The monoisotopic (exact) mass is 245 g/mol. The Balaban J connectivity index is 2.68. The van der Waals surface area contributed by atoms with Crippen LogP contribution in [0.25, 0.3) is 11.1 Å². The van der Waals surface area contributed by atoms with E-state index < -0.39 is 0 Å². The summed E-state index contributed by atoms with van der Waals surface area (Å²) in [6, 6.07) is 5.98. The summed E-state index contributed by atoms with van der Waals surface area (Å²) < 4.78 is 7.19. The molecule has 1 aromatic heterocycles. The zero-order chi connectivity index (χ0) is 13.3. The summed E-state index contributed by atoms with van der Waals surface area (Å²) in [5.41, 5.74) is 11.3. The molecule has 0 amide bonds. The molecule has 1 aromatic carbocycles. The van der Waals surface area contributed by atoms with Gasteiger partial charge in [-0.05, 0) is 37.1 Å². The molecule has 0 spiro atoms. The average Bonchev–Trinajstić information content (AvgIpc) is 2.62. The van der Waals surface area contributed by atoms with Gasteiger partial charge in [0.05, 0.1) is 12.8 Å². The summed E-state index contributed by atoms with van der Waals surface area (Å²) in [6.45, 7) is 4.59. The lowest BCUT2D eigenvalue weighted by molar-refractivity contribution is 0.415. The van der Waals surface area contributed by atoms with Crippen LogP contribution in [0.4, 0.5) is 0 Å². The van der Waals surface area contributed by atoms with E-state index in [9.17, 15) is 0 Å². The highest BCUT2D eigenvalue weighted by molar-refractivity contribution is 5.73. The number of nitrogens with zero attached hydrogens (tertiary/aromatic N) is 2. The van der Waals surface area contributed by atoms with E-state index in [1.165, 1.54) is 0 Å². The summed E-state index contributed by atoms with van der Waals surface area (Å²) in [7, 11) is 3.62. The zero-order valence-electron chi connectivity index (χ0n) is 11.3. The lowest BCUT2D eigenvalue weighted by atomic mass is 9.97. The van der Waals surface area contributed by atoms with E-state index in [0.717, 1.165) is 33.8 Å². The molecule has 0 saturated carbocycles. The Bertz CT molecular complexity index is 573. The van der Waals surface area contributed by atoms with E-state index in [1.54, 1.807) is 7.11 Å². The van der Waals surface area contributed by atoms with Gasteiger partial charge in [-0.2, -0.15) is 5.10 Å². The lowest BCUT2D eigenvalue weighted by Crippen LogP contribution is -2.00. The number of ether oxygens (including phenoxy) is 1. The average molecular weight is 245 g/mol. The van der Waals surface area contributed by atoms with E-state index >= 15 is 0 Å². The summed E-state index contributed by atoms with van der Waals surface area (Å²) in [6.07, 6.45) is 0. The first-order valence-corrected chi connectivity index (χ1v) is 5.96. The van der Waals surface area contributed by atoms with Gasteiger partial charge in [0.15, 0.2) is 0 Å². The molecule has 0 aliphatic carbocycles. The Labute approximate surface area is 107 Å². The first-order valence-electron chi connectivity index (χ1n) is 5.96. The minimum atomic E-state index is 0.507. The number of methoxy groups -OCH3 is 1. The summed E-state index contributed by atoms with van der Waals surface area (Å²) >= 11 is 0. The first kappa shape index (κ1) is 12.6. The fraction of sp³-hybridized carbons (Fsp3) is 0.357. The molecule has 18 heavy (non-hydrogen) atoms. The maximum atomic E-state index is 5.82. The van der Waals surface area contributed by atoms with E-state index in [2.05, 4.69) is 12.0 Å². The fourth-order valence-corrected chi connectivity index (χ4v) is 2.26. The van der Waals surface area contributed by atoms with Gasteiger partial charge in [-0.1, -0.05) is 6.07 Å². The van der Waals surface area contributed by atoms with Crippen molar-refractivity contribution in [2.75, 3.05) is 7.11 Å². The molecule has 0 aliphatic heterocycles. The summed E-state index contributed by atoms with van der Waals surface area (Å²) in [5, 5.41) is 4.45. The fourth-order valence-electron chi connectivity index (χ4n) is 2.26. The van der Waals surface area contributed by atoms with Crippen molar-refractivity contribution < 1.29 is 4.74 Å². The summed E-state index contributed by atoms with van der Waals surface area (Å²) in [5.74, 6) is 0.838. The SMILES string of the molecule is COc1ccc(CN)c(-c2c(C)nn(C)c2C)c1. The van der Waals surface area contributed by atoms with Crippen LogP contribution < -0.4 is 10.5 Å². The third kappa shape index (κ3) is 1.99. The molecule has 1 heterocycles. The molecule has 2 aromatic rings. The third-order valence-electron chi connectivity index (χ3n) is 3.32. The molecule has 0 unspecified atom stereocenters. The highest BCUT2D eigenvalue weighted by atomic mass is 16.5. The van der Waals surface area contributed by atoms with Crippen molar-refractivity contribution in [2.24, 2.45) is 12.8 Å². The Morgan fingerprint density at radius 2 is 2.06 bits per heavy atom. The molecule has 0 saturated heterocycles. The van der Waals surface area contributed by atoms with Crippen molar-refractivity contribution in [1.82, 2.24) is 9.78 Å². The van der Waals surface area contributed by atoms with Crippen LogP contribution in [0.2, 0.25) is 0 Å². The van der Waals surface area contributed by atoms with Crippen molar-refractivity contribution in [3.05, 3.63) is 35.2 Å². The van der Waals surface area contributed by atoms with Crippen LogP contribution in [0, 0.1) is 13.8 Å². The Hall–Kier alpha value is -1.81. The van der Waals surface area contributed by atoms with E-state index in [4.69, 9.17) is 10.5 Å². The second-order valence-electron chi connectivity index (χ2n) is 4.40. The number of nitrogens with two attached hydrogens (primary N) is 1. The predicted molar refractivity (Wildman–Crippen MR) is 72.6 cm³/mol. The van der Waals surface area contributed by atoms with Crippen molar-refractivity contribution in [3.8, 4) is 16.9 Å². The number of rotatable bonds is 3. The second kappa shape index (κ2) is 4.82. The Morgan fingerprint density at radius 1 is 1.33 bits per heavy atom. The quantitative estimate of drug-likeness (QED) is 0.901. The van der Waals surface area contributed by atoms with Gasteiger partial charge in [0.1, 0.15) is 5.75 Å². The lowest BCUT2D eigenvalue weighted by Gasteiger charge is -2.10. The Kier molecular flexibility index (Phi) is 3.39. The normalized spacial score (nSPS) is 10.7. The zero-order valence-corrected chi connectivity index (χ0v) is 11.3. The highest BCUT2D eigenvalue weighted by Gasteiger charge is 2.15. The Morgan fingerprint density at radius 3 is 2.56 bits per heavy atom. The molecular weight excluding hydrogens is 226 g/mol. The molecule has 0 atom stereocenters. The van der Waals surface area contributed by atoms with E-state index in [-0.39, 0.29) is 0 Å². The molecule has 2 rings (SSSR count). The molecule has 0 bridgehead atoms. The van der Waals surface area contributed by atoms with E-state index in [1.807, 2.05) is 36.9 Å². The molecule has 2 N–H and O–H groups in total. The maximum Gasteiger partial charge on any atom is 0.119 e. The number of hydrogen-bond donors (Lipinski definition) is 1. The maximum absolute atomic E-state index is 5.82. The van der Waals surface area contributed by atoms with Crippen LogP contribution >= 0.6 is 0 Å². The number of aromatic nitrogens is 2. The number of hydrogen-bond acceptors (Lipinski definition) is 3. The van der Waals surface area contributed by atoms with Crippen molar-refractivity contribution in [3.63, 3.8) is 0 Å². The minimum absolute atomic E-state index is 0.507. The van der Waals surface area contributed by atoms with E-state index in [0.29, 0.717) is 6.54 Å². The van der Waals surface area contributed by atoms with Gasteiger partial charge in [0.2, 0.25) is 0 Å². The van der Waals surface area contributed by atoms with Crippen LogP contribution in [0.3, 0.4) is 0 Å². The summed E-state index contributed by atoms with van der Waals surface area (Å²) in [4.78, 5) is 0. The highest BCUT2D eigenvalue weighted by Crippen LogP contribution is 2.32. The smallest absolute Gasteiger partial charge is 0.119 e. The van der Waals surface area contributed by atoms with Gasteiger partial charge in [0, 0.05) is 24.8 Å². The van der Waals surface area contributed by atoms with Crippen LogP contribution in [0.5, 0.6) is 5.75 Å². The second-order valence-corrected chi connectivity index (χ2v) is 4.40. The number of aryl methyl sites for hydroxylation is 2. The minimum Gasteiger partial charge on any atom is -0.497 e. The van der Waals surface area contributed by atoms with Crippen LogP contribution in [-0.2, 0) is 13.6 Å². The molecule has 0 fully saturated rings. The van der Waals surface area contributed by atoms with Crippen LogP contribution in [0.1, 0.15) is 17.0 Å². The van der Waals surface area contributed by atoms with Gasteiger partial charge in [-0.25, -0.2) is 0 Å². The van der Waals surface area contributed by atoms with Crippen molar-refractivity contribution in [2.45, 2.75) is 20.4 Å². The van der Waals surface area contributed by atoms with Gasteiger partial charge < -0.3 is 10.5 Å². The van der Waals surface area contributed by atoms with Gasteiger partial charge >= 0.3 is 0 Å². The van der Waals surface area contributed by atoms with Crippen LogP contribution in [-0.4, -0.2) is 16.9 Å². The molecule has 4 nitrogen and oxygen atoms in total. The molecule has 0 radical (unpaired) electrons. The number of benzene rings is 1. The van der Waals surface area contributed by atoms with Crippen molar-refractivity contribution in [1.29, 1.82) is 0 Å². The molecular formula is C14H19N3O. The van der Waals surface area contributed by atoms with Crippen LogP contribution in [0.15, 0.2) is 18.2 Å². The first-order chi connectivity index (χ1) is 8.58. The largest absolute Gasteiger partial charge is 0.497 e. The van der Waals surface area contributed by atoms with Gasteiger partial charge in [-0.3, -0.25) is 4.68 Å². The standard InChI is InChI=1S/C14H19N3O/c1-9-14(10(2)17(3)16-9)13-7-12(18-4)6-5-11(13)8-15/h5-7H,8,15H2,1-4H3. The molecule has 96 valence electrons.